The van der Waals surface area contributed by atoms with Gasteiger partial charge in [-0.05, 0) is 25.0 Å². The normalized spacial score (nSPS) is 10.1. The van der Waals surface area contributed by atoms with Crippen LogP contribution in [0.2, 0.25) is 0 Å². The van der Waals surface area contributed by atoms with Crippen LogP contribution in [-0.2, 0) is 4.79 Å². The van der Waals surface area contributed by atoms with Gasteiger partial charge in [-0.2, -0.15) is 0 Å². The summed E-state index contributed by atoms with van der Waals surface area (Å²) in [5, 5.41) is 2.84. The highest BCUT2D eigenvalue weighted by Gasteiger charge is 2.09. The van der Waals surface area contributed by atoms with Crippen molar-refractivity contribution >= 4 is 23.2 Å². The Labute approximate surface area is 107 Å². The van der Waals surface area contributed by atoms with Crippen molar-refractivity contribution < 1.29 is 9.53 Å². The molecule has 0 saturated heterocycles. The minimum absolute atomic E-state index is 0.0874. The number of alkyl halides is 1. The molecule has 0 saturated carbocycles. The van der Waals surface area contributed by atoms with Gasteiger partial charge in [-0.25, -0.2) is 0 Å². The first-order valence-corrected chi connectivity index (χ1v) is 6.30. The number of hydrogen-bond acceptors (Lipinski definition) is 2. The molecule has 0 heterocycles. The van der Waals surface area contributed by atoms with Crippen molar-refractivity contribution in [2.75, 3.05) is 17.8 Å². The highest BCUT2D eigenvalue weighted by atomic mass is 35.5. The maximum atomic E-state index is 11.5. The lowest BCUT2D eigenvalue weighted by atomic mass is 10.2. The number of nitrogens with one attached hydrogen (secondary N) is 1. The van der Waals surface area contributed by atoms with Crippen LogP contribution in [0.1, 0.15) is 25.3 Å². The van der Waals surface area contributed by atoms with Gasteiger partial charge in [0.2, 0.25) is 5.91 Å². The maximum absolute atomic E-state index is 11.5. The summed E-state index contributed by atoms with van der Waals surface area (Å²) in [6.45, 7) is 4.62. The average molecular weight is 256 g/mol. The number of carbonyl (C=O) groups is 1. The third-order valence-electron chi connectivity index (χ3n) is 2.28. The van der Waals surface area contributed by atoms with Crippen LogP contribution >= 0.6 is 11.6 Å². The molecule has 17 heavy (non-hydrogen) atoms. The van der Waals surface area contributed by atoms with E-state index < -0.39 is 0 Å². The zero-order chi connectivity index (χ0) is 12.7. The molecule has 0 radical (unpaired) electrons. The average Bonchev–Trinajstić information content (AvgIpc) is 2.30. The van der Waals surface area contributed by atoms with Crippen LogP contribution in [0.25, 0.3) is 0 Å². The molecule has 3 nitrogen and oxygen atoms in total. The second-order valence-corrected chi connectivity index (χ2v) is 4.16. The van der Waals surface area contributed by atoms with Gasteiger partial charge in [0.1, 0.15) is 5.75 Å². The third-order valence-corrected chi connectivity index (χ3v) is 2.47. The lowest BCUT2D eigenvalue weighted by Gasteiger charge is -2.14. The van der Waals surface area contributed by atoms with Crippen molar-refractivity contribution in [3.05, 3.63) is 23.8 Å². The molecule has 1 aromatic rings. The molecule has 0 fully saturated rings. The molecule has 0 unspecified atom stereocenters. The Morgan fingerprint density at radius 2 is 2.24 bits per heavy atom. The highest BCUT2D eigenvalue weighted by Crippen LogP contribution is 2.28. The van der Waals surface area contributed by atoms with Crippen LogP contribution in [0.5, 0.6) is 5.75 Å². The Morgan fingerprint density at radius 1 is 1.47 bits per heavy atom. The summed E-state index contributed by atoms with van der Waals surface area (Å²) in [7, 11) is 0. The van der Waals surface area contributed by atoms with E-state index in [1.807, 2.05) is 32.0 Å². The first-order valence-electron chi connectivity index (χ1n) is 5.77. The van der Waals surface area contributed by atoms with Gasteiger partial charge in [0.25, 0.3) is 0 Å². The Hall–Kier alpha value is -1.22. The lowest BCUT2D eigenvalue weighted by molar-refractivity contribution is -0.115. The van der Waals surface area contributed by atoms with Gasteiger partial charge < -0.3 is 10.1 Å². The molecule has 0 bridgehead atoms. The van der Waals surface area contributed by atoms with Crippen molar-refractivity contribution in [3.8, 4) is 5.75 Å². The van der Waals surface area contributed by atoms with Gasteiger partial charge in [0.15, 0.2) is 0 Å². The van der Waals surface area contributed by atoms with Gasteiger partial charge in [-0.15, -0.1) is 11.6 Å². The summed E-state index contributed by atoms with van der Waals surface area (Å²) >= 11 is 5.53. The van der Waals surface area contributed by atoms with Gasteiger partial charge in [0, 0.05) is 12.3 Å². The Balaban J connectivity index is 2.83. The smallest absolute Gasteiger partial charge is 0.225 e. The molecule has 1 aromatic carbocycles. The van der Waals surface area contributed by atoms with Crippen molar-refractivity contribution in [3.63, 3.8) is 0 Å². The second-order valence-electron chi connectivity index (χ2n) is 3.78. The summed E-state index contributed by atoms with van der Waals surface area (Å²) in [5.74, 6) is 0.952. The molecular weight excluding hydrogens is 238 g/mol. The molecule has 1 N–H and O–H groups in total. The monoisotopic (exact) mass is 255 g/mol. The molecule has 0 aliphatic heterocycles. The first-order chi connectivity index (χ1) is 8.19. The molecule has 1 rings (SSSR count). The van der Waals surface area contributed by atoms with Gasteiger partial charge in [-0.1, -0.05) is 19.1 Å². The van der Waals surface area contributed by atoms with E-state index in [1.165, 1.54) is 0 Å². The predicted octanol–water partition coefficient (Wildman–Crippen LogP) is 3.35. The van der Waals surface area contributed by atoms with E-state index in [0.29, 0.717) is 18.9 Å². The van der Waals surface area contributed by atoms with E-state index in [9.17, 15) is 4.79 Å². The highest BCUT2D eigenvalue weighted by molar-refractivity contribution is 6.19. The van der Waals surface area contributed by atoms with E-state index in [0.717, 1.165) is 23.4 Å². The largest absolute Gasteiger partial charge is 0.491 e. The molecule has 0 aromatic heterocycles. The van der Waals surface area contributed by atoms with Crippen molar-refractivity contribution in [2.24, 2.45) is 0 Å². The number of halogens is 1. The molecule has 0 spiro atoms. The quantitative estimate of drug-likeness (QED) is 0.792. The SMILES string of the molecule is CCCOc1cccc(C)c1NC(=O)CCCl. The fourth-order valence-electron chi connectivity index (χ4n) is 1.42. The van der Waals surface area contributed by atoms with Crippen LogP contribution in [0.4, 0.5) is 5.69 Å². The van der Waals surface area contributed by atoms with Crippen molar-refractivity contribution in [2.45, 2.75) is 26.7 Å². The molecule has 0 aliphatic carbocycles. The van der Waals surface area contributed by atoms with Gasteiger partial charge in [-0.3, -0.25) is 4.79 Å². The minimum Gasteiger partial charge on any atom is -0.491 e. The first kappa shape index (κ1) is 13.8. The minimum atomic E-state index is -0.0874. The fraction of sp³-hybridized carbons (Fsp3) is 0.462. The van der Waals surface area contributed by atoms with Crippen LogP contribution in [0, 0.1) is 6.92 Å². The molecular formula is C13H18ClNO2. The second kappa shape index (κ2) is 7.17. The number of carbonyl (C=O) groups excluding carboxylic acids is 1. The zero-order valence-corrected chi connectivity index (χ0v) is 11.0. The fourth-order valence-corrected chi connectivity index (χ4v) is 1.59. The summed E-state index contributed by atoms with van der Waals surface area (Å²) < 4.78 is 5.60. The third kappa shape index (κ3) is 4.27. The van der Waals surface area contributed by atoms with E-state index in [1.54, 1.807) is 0 Å². The van der Waals surface area contributed by atoms with Crippen molar-refractivity contribution in [1.82, 2.24) is 0 Å². The molecule has 0 atom stereocenters. The predicted molar refractivity (Wildman–Crippen MR) is 70.9 cm³/mol. The summed E-state index contributed by atoms with van der Waals surface area (Å²) in [6.07, 6.45) is 1.24. The number of hydrogen-bond donors (Lipinski definition) is 1. The molecule has 4 heteroatoms. The number of rotatable bonds is 6. The molecule has 0 aliphatic rings. The standard InChI is InChI=1S/C13H18ClNO2/c1-3-9-17-11-6-4-5-10(2)13(11)15-12(16)7-8-14/h4-6H,3,7-9H2,1-2H3,(H,15,16). The Kier molecular flexibility index (Phi) is 5.84. The number of anilines is 1. The molecule has 94 valence electrons. The van der Waals surface area contributed by atoms with Gasteiger partial charge >= 0.3 is 0 Å². The number of amides is 1. The van der Waals surface area contributed by atoms with Crippen LogP contribution in [0.15, 0.2) is 18.2 Å². The van der Waals surface area contributed by atoms with Crippen LogP contribution in [-0.4, -0.2) is 18.4 Å². The summed E-state index contributed by atoms with van der Waals surface area (Å²) in [5.41, 5.74) is 1.73. The Morgan fingerprint density at radius 3 is 2.88 bits per heavy atom. The van der Waals surface area contributed by atoms with Crippen LogP contribution < -0.4 is 10.1 Å². The lowest BCUT2D eigenvalue weighted by Crippen LogP contribution is -2.14. The van der Waals surface area contributed by atoms with E-state index in [4.69, 9.17) is 16.3 Å². The number of benzene rings is 1. The molecule has 1 amide bonds. The van der Waals surface area contributed by atoms with E-state index in [2.05, 4.69) is 5.32 Å². The van der Waals surface area contributed by atoms with Crippen molar-refractivity contribution in [1.29, 1.82) is 0 Å². The summed E-state index contributed by atoms with van der Waals surface area (Å²) in [4.78, 5) is 11.5. The maximum Gasteiger partial charge on any atom is 0.225 e. The summed E-state index contributed by atoms with van der Waals surface area (Å²) in [6, 6.07) is 5.71. The number of aryl methyl sites for hydroxylation is 1. The van der Waals surface area contributed by atoms with E-state index in [-0.39, 0.29) is 5.91 Å². The number of para-hydroxylation sites is 1. The van der Waals surface area contributed by atoms with E-state index >= 15 is 0 Å². The zero-order valence-electron chi connectivity index (χ0n) is 10.3. The number of ether oxygens (including phenoxy) is 1. The topological polar surface area (TPSA) is 38.3 Å². The van der Waals surface area contributed by atoms with Crippen LogP contribution in [0.3, 0.4) is 0 Å². The van der Waals surface area contributed by atoms with Gasteiger partial charge in [0.05, 0.1) is 12.3 Å². The Bertz CT molecular complexity index is 380.